The largest absolute Gasteiger partial charge is 0.484 e. The van der Waals surface area contributed by atoms with Gasteiger partial charge in [0.15, 0.2) is 12.7 Å². The quantitative estimate of drug-likeness (QED) is 0.239. The van der Waals surface area contributed by atoms with Gasteiger partial charge in [-0.25, -0.2) is 4.79 Å². The van der Waals surface area contributed by atoms with Crippen LogP contribution in [0, 0.1) is 0 Å². The van der Waals surface area contributed by atoms with Gasteiger partial charge in [-0.2, -0.15) is 0 Å². The molecule has 0 saturated carbocycles. The van der Waals surface area contributed by atoms with Crippen LogP contribution in [0.15, 0.2) is 103 Å². The monoisotopic (exact) mass is 514 g/mol. The van der Waals surface area contributed by atoms with Crippen LogP contribution in [0.3, 0.4) is 0 Å². The number of ether oxygens (including phenoxy) is 3. The van der Waals surface area contributed by atoms with E-state index < -0.39 is 35.7 Å². The van der Waals surface area contributed by atoms with Gasteiger partial charge in [0.1, 0.15) is 11.8 Å². The number of carbonyl (C=O) groups is 3. The van der Waals surface area contributed by atoms with Crippen molar-refractivity contribution in [2.45, 2.75) is 24.8 Å². The van der Waals surface area contributed by atoms with Crippen molar-refractivity contribution in [2.24, 2.45) is 0 Å². The Kier molecular flexibility index (Phi) is 8.23. The minimum atomic E-state index is -1.86. The SMILES string of the molecule is C=C(C)C(OC)(C(=O)OC(c1ccccc1)c1ccccc1)N1CC(NC(=O)COc2ccccc2)C1=O. The van der Waals surface area contributed by atoms with Gasteiger partial charge in [0.2, 0.25) is 5.91 Å². The molecule has 8 heteroatoms. The van der Waals surface area contributed by atoms with Crippen molar-refractivity contribution < 1.29 is 28.6 Å². The minimum absolute atomic E-state index is 0.0348. The van der Waals surface area contributed by atoms with E-state index in [1.54, 1.807) is 31.2 Å². The number of nitrogens with one attached hydrogen (secondary N) is 1. The molecule has 0 aromatic heterocycles. The minimum Gasteiger partial charge on any atom is -0.484 e. The van der Waals surface area contributed by atoms with Gasteiger partial charge in [0.05, 0.1) is 6.54 Å². The van der Waals surface area contributed by atoms with Gasteiger partial charge in [-0.1, -0.05) is 85.4 Å². The molecule has 0 aliphatic carbocycles. The predicted molar refractivity (Wildman–Crippen MR) is 141 cm³/mol. The van der Waals surface area contributed by atoms with E-state index in [0.717, 1.165) is 11.1 Å². The highest BCUT2D eigenvalue weighted by molar-refractivity contribution is 5.98. The number of hydrogen-bond acceptors (Lipinski definition) is 6. The van der Waals surface area contributed by atoms with Crippen molar-refractivity contribution in [2.75, 3.05) is 20.3 Å². The molecule has 1 N–H and O–H groups in total. The summed E-state index contributed by atoms with van der Waals surface area (Å²) < 4.78 is 17.1. The molecule has 4 rings (SSSR count). The second-order valence-corrected chi connectivity index (χ2v) is 8.91. The van der Waals surface area contributed by atoms with Crippen molar-refractivity contribution in [3.63, 3.8) is 0 Å². The molecular formula is C30H30N2O6. The van der Waals surface area contributed by atoms with Gasteiger partial charge in [0.25, 0.3) is 11.6 Å². The molecule has 2 atom stereocenters. The van der Waals surface area contributed by atoms with Crippen LogP contribution in [-0.2, 0) is 23.9 Å². The molecule has 2 unspecified atom stereocenters. The Labute approximate surface area is 221 Å². The Morgan fingerprint density at radius 1 is 0.974 bits per heavy atom. The fourth-order valence-electron chi connectivity index (χ4n) is 4.37. The van der Waals surface area contributed by atoms with Gasteiger partial charge in [0, 0.05) is 7.11 Å². The van der Waals surface area contributed by atoms with Crippen molar-refractivity contribution in [3.05, 3.63) is 114 Å². The molecule has 1 saturated heterocycles. The van der Waals surface area contributed by atoms with Crippen LogP contribution in [0.5, 0.6) is 5.75 Å². The number of amides is 2. The number of para-hydroxylation sites is 1. The fourth-order valence-corrected chi connectivity index (χ4v) is 4.37. The molecule has 0 bridgehead atoms. The lowest BCUT2D eigenvalue weighted by Crippen LogP contribution is -2.74. The first kappa shape index (κ1) is 26.6. The maximum Gasteiger partial charge on any atom is 0.365 e. The van der Waals surface area contributed by atoms with Crippen molar-refractivity contribution in [1.82, 2.24) is 10.2 Å². The first-order valence-electron chi connectivity index (χ1n) is 12.2. The normalized spacial score (nSPS) is 16.2. The molecule has 3 aromatic rings. The number of esters is 1. The summed E-state index contributed by atoms with van der Waals surface area (Å²) in [5.74, 6) is -1.19. The van der Waals surface area contributed by atoms with E-state index in [2.05, 4.69) is 11.9 Å². The van der Waals surface area contributed by atoms with E-state index in [4.69, 9.17) is 14.2 Å². The maximum absolute atomic E-state index is 13.8. The molecule has 1 fully saturated rings. The summed E-state index contributed by atoms with van der Waals surface area (Å²) in [7, 11) is 1.32. The topological polar surface area (TPSA) is 94.2 Å². The summed E-state index contributed by atoms with van der Waals surface area (Å²) in [6, 6.07) is 26.7. The van der Waals surface area contributed by atoms with Crippen LogP contribution in [0.2, 0.25) is 0 Å². The number of carbonyl (C=O) groups excluding carboxylic acids is 3. The van der Waals surface area contributed by atoms with Crippen molar-refractivity contribution in [1.29, 1.82) is 0 Å². The van der Waals surface area contributed by atoms with E-state index in [1.807, 2.05) is 66.7 Å². The first-order valence-corrected chi connectivity index (χ1v) is 12.2. The third-order valence-corrected chi connectivity index (χ3v) is 6.34. The number of rotatable bonds is 11. The molecule has 0 spiro atoms. The number of β-lactam (4-membered cyclic amide) rings is 1. The molecule has 8 nitrogen and oxygen atoms in total. The van der Waals surface area contributed by atoms with Crippen LogP contribution in [0.4, 0.5) is 0 Å². The predicted octanol–water partition coefficient (Wildman–Crippen LogP) is 3.64. The average molecular weight is 515 g/mol. The summed E-state index contributed by atoms with van der Waals surface area (Å²) in [5, 5.41) is 2.64. The van der Waals surface area contributed by atoms with Gasteiger partial charge in [-0.3, -0.25) is 14.5 Å². The lowest BCUT2D eigenvalue weighted by molar-refractivity contribution is -0.205. The molecule has 1 aliphatic heterocycles. The standard InChI is InChI=1S/C30H30N2O6/c1-21(2)30(36-3,29(35)38-27(22-13-7-4-8-14-22)23-15-9-5-10-16-23)32-19-25(28(32)34)31-26(33)20-37-24-17-11-6-12-18-24/h4-18,25,27H,1,19-20H2,2-3H3,(H,31,33). The van der Waals surface area contributed by atoms with E-state index in [1.165, 1.54) is 12.0 Å². The fraction of sp³-hybridized carbons (Fsp3) is 0.233. The second kappa shape index (κ2) is 11.7. The molecule has 196 valence electrons. The maximum atomic E-state index is 13.8. The average Bonchev–Trinajstić information content (AvgIpc) is 2.95. The van der Waals surface area contributed by atoms with E-state index >= 15 is 0 Å². The number of nitrogens with zero attached hydrogens (tertiary/aromatic N) is 1. The first-order chi connectivity index (χ1) is 18.4. The lowest BCUT2D eigenvalue weighted by Gasteiger charge is -2.49. The number of likely N-dealkylation sites (tertiary alicyclic amines) is 1. The third kappa shape index (κ3) is 5.45. The summed E-state index contributed by atoms with van der Waals surface area (Å²) in [6.07, 6.45) is -0.735. The molecule has 38 heavy (non-hydrogen) atoms. The zero-order valence-corrected chi connectivity index (χ0v) is 21.3. The van der Waals surface area contributed by atoms with Crippen LogP contribution in [-0.4, -0.2) is 54.7 Å². The highest BCUT2D eigenvalue weighted by Gasteiger charge is 2.57. The Bertz CT molecular complexity index is 1240. The van der Waals surface area contributed by atoms with Crippen LogP contribution >= 0.6 is 0 Å². The van der Waals surface area contributed by atoms with Crippen LogP contribution < -0.4 is 10.1 Å². The van der Waals surface area contributed by atoms with Crippen LogP contribution in [0.1, 0.15) is 24.2 Å². The third-order valence-electron chi connectivity index (χ3n) is 6.34. The Balaban J connectivity index is 1.48. The summed E-state index contributed by atoms with van der Waals surface area (Å²) in [6.45, 7) is 5.31. The van der Waals surface area contributed by atoms with E-state index in [0.29, 0.717) is 5.75 Å². The highest BCUT2D eigenvalue weighted by atomic mass is 16.6. The molecule has 0 radical (unpaired) electrons. The Morgan fingerprint density at radius 3 is 1.97 bits per heavy atom. The zero-order chi connectivity index (χ0) is 27.1. The Hall–Kier alpha value is -4.43. The molecular weight excluding hydrogens is 484 g/mol. The summed E-state index contributed by atoms with van der Waals surface area (Å²) in [5.41, 5.74) is -0.0642. The number of benzene rings is 3. The number of methoxy groups -OCH3 is 1. The van der Waals surface area contributed by atoms with Gasteiger partial charge in [-0.15, -0.1) is 0 Å². The molecule has 1 aliphatic rings. The summed E-state index contributed by atoms with van der Waals surface area (Å²) >= 11 is 0. The lowest BCUT2D eigenvalue weighted by atomic mass is 9.95. The number of hydrogen-bond donors (Lipinski definition) is 1. The smallest absolute Gasteiger partial charge is 0.365 e. The summed E-state index contributed by atoms with van der Waals surface area (Å²) in [4.78, 5) is 40.5. The van der Waals surface area contributed by atoms with Gasteiger partial charge >= 0.3 is 5.97 Å². The van der Waals surface area contributed by atoms with E-state index in [-0.39, 0.29) is 18.7 Å². The highest BCUT2D eigenvalue weighted by Crippen LogP contribution is 2.35. The van der Waals surface area contributed by atoms with E-state index in [9.17, 15) is 14.4 Å². The Morgan fingerprint density at radius 2 is 1.50 bits per heavy atom. The van der Waals surface area contributed by atoms with Crippen molar-refractivity contribution >= 4 is 17.8 Å². The van der Waals surface area contributed by atoms with Crippen LogP contribution in [0.25, 0.3) is 0 Å². The molecule has 3 aromatic carbocycles. The van der Waals surface area contributed by atoms with Crippen molar-refractivity contribution in [3.8, 4) is 5.75 Å². The molecule has 1 heterocycles. The zero-order valence-electron chi connectivity index (χ0n) is 21.3. The second-order valence-electron chi connectivity index (χ2n) is 8.91. The van der Waals surface area contributed by atoms with Gasteiger partial charge in [-0.05, 0) is 35.8 Å². The van der Waals surface area contributed by atoms with Gasteiger partial charge < -0.3 is 19.5 Å². The molecule has 2 amide bonds.